The molecule has 56 valence electrons. The van der Waals surface area contributed by atoms with Gasteiger partial charge in [-0.2, -0.15) is 5.21 Å². The number of nitrogens with one attached hydrogen (secondary N) is 1. The minimum atomic E-state index is 0.579. The van der Waals surface area contributed by atoms with Gasteiger partial charge in [0.15, 0.2) is 0 Å². The Morgan fingerprint density at radius 2 is 2.60 bits per heavy atom. The van der Waals surface area contributed by atoms with E-state index in [1.807, 2.05) is 6.92 Å². The normalized spacial score (nSPS) is 10.1. The molecule has 0 radical (unpaired) electrons. The van der Waals surface area contributed by atoms with Gasteiger partial charge in [0, 0.05) is 6.61 Å². The van der Waals surface area contributed by atoms with E-state index < -0.39 is 0 Å². The van der Waals surface area contributed by atoms with Gasteiger partial charge >= 0.3 is 0 Å². The third kappa shape index (κ3) is 2.32. The van der Waals surface area contributed by atoms with Gasteiger partial charge in [-0.25, -0.2) is 0 Å². The van der Waals surface area contributed by atoms with Crippen molar-refractivity contribution in [1.29, 1.82) is 0 Å². The molecule has 0 amide bonds. The highest BCUT2D eigenvalue weighted by Gasteiger charge is 1.95. The zero-order valence-electron chi connectivity index (χ0n) is 5.57. The minimum absolute atomic E-state index is 0.579. The number of rotatable bonds is 4. The summed E-state index contributed by atoms with van der Waals surface area (Å²) in [5.41, 5.74) is 0. The number of aromatic amines is 1. The van der Waals surface area contributed by atoms with Crippen LogP contribution in [0.5, 0.6) is 0 Å². The van der Waals surface area contributed by atoms with Gasteiger partial charge in [0.1, 0.15) is 0 Å². The Bertz CT molecular complexity index is 166. The molecular weight excluding hydrogens is 152 g/mol. The van der Waals surface area contributed by atoms with Crippen LogP contribution in [0.2, 0.25) is 0 Å². The van der Waals surface area contributed by atoms with Crippen LogP contribution in [0, 0.1) is 0 Å². The summed E-state index contributed by atoms with van der Waals surface area (Å²) in [4.78, 5) is 0. The predicted octanol–water partition coefficient (Wildman–Crippen LogP) is 0.286. The van der Waals surface area contributed by atoms with E-state index in [0.29, 0.717) is 17.7 Å². The number of nitrogens with zero attached hydrogens (tertiary/aromatic N) is 3. The van der Waals surface area contributed by atoms with Gasteiger partial charge < -0.3 is 4.74 Å². The van der Waals surface area contributed by atoms with Crippen molar-refractivity contribution in [3.05, 3.63) is 0 Å². The second-order valence-electron chi connectivity index (χ2n) is 1.45. The smallest absolute Gasteiger partial charge is 0.233 e. The summed E-state index contributed by atoms with van der Waals surface area (Å²) >= 11 is 1.41. The molecule has 0 aliphatic heterocycles. The fraction of sp³-hybridized carbons (Fsp3) is 0.750. The lowest BCUT2D eigenvalue weighted by Crippen LogP contribution is -1.88. The molecule has 1 N–H and O–H groups in total. The average molecular weight is 160 g/mol. The summed E-state index contributed by atoms with van der Waals surface area (Å²) in [5.74, 6) is 0.579. The molecule has 1 aromatic heterocycles. The summed E-state index contributed by atoms with van der Waals surface area (Å²) in [7, 11) is 0. The van der Waals surface area contributed by atoms with Crippen LogP contribution < -0.4 is 0 Å². The molecule has 10 heavy (non-hydrogen) atoms. The monoisotopic (exact) mass is 160 g/mol. The Hall–Kier alpha value is -0.620. The number of hydrogen-bond acceptors (Lipinski definition) is 5. The van der Waals surface area contributed by atoms with Gasteiger partial charge in [0.2, 0.25) is 5.16 Å². The largest absolute Gasteiger partial charge is 0.371 e. The number of aromatic nitrogens is 4. The van der Waals surface area contributed by atoms with Crippen LogP contribution in [0.3, 0.4) is 0 Å². The molecule has 0 unspecified atom stereocenters. The number of H-pyrrole nitrogens is 1. The Kier molecular flexibility index (Phi) is 3.17. The zero-order chi connectivity index (χ0) is 7.23. The van der Waals surface area contributed by atoms with Gasteiger partial charge in [0.25, 0.3) is 0 Å². The summed E-state index contributed by atoms with van der Waals surface area (Å²) in [6, 6.07) is 0. The van der Waals surface area contributed by atoms with E-state index in [0.717, 1.165) is 0 Å². The van der Waals surface area contributed by atoms with Crippen molar-refractivity contribution in [2.45, 2.75) is 12.1 Å². The van der Waals surface area contributed by atoms with E-state index in [-0.39, 0.29) is 0 Å². The SMILES string of the molecule is CCOCSc1nn[nH]n1. The molecule has 1 rings (SSSR count). The third-order valence-corrected chi connectivity index (χ3v) is 1.52. The number of thioether (sulfide) groups is 1. The lowest BCUT2D eigenvalue weighted by molar-refractivity contribution is 0.199. The Labute approximate surface area is 62.5 Å². The Balaban J connectivity index is 2.15. The Morgan fingerprint density at radius 1 is 1.70 bits per heavy atom. The average Bonchev–Trinajstić information content (AvgIpc) is 2.41. The highest BCUT2D eigenvalue weighted by atomic mass is 32.2. The molecule has 0 aliphatic carbocycles. The lowest BCUT2D eigenvalue weighted by atomic mass is 10.9. The number of ether oxygens (including phenoxy) is 1. The second-order valence-corrected chi connectivity index (χ2v) is 2.34. The van der Waals surface area contributed by atoms with E-state index >= 15 is 0 Å². The van der Waals surface area contributed by atoms with Gasteiger partial charge in [-0.1, -0.05) is 11.8 Å². The highest BCUT2D eigenvalue weighted by molar-refractivity contribution is 7.99. The number of hydrogen-bond donors (Lipinski definition) is 1. The van der Waals surface area contributed by atoms with Crippen molar-refractivity contribution < 1.29 is 4.74 Å². The first-order chi connectivity index (χ1) is 4.93. The molecule has 0 aliphatic rings. The first-order valence-corrected chi connectivity index (χ1v) is 3.86. The number of tetrazole rings is 1. The van der Waals surface area contributed by atoms with E-state index in [1.54, 1.807) is 0 Å². The van der Waals surface area contributed by atoms with Crippen LogP contribution in [0.4, 0.5) is 0 Å². The lowest BCUT2D eigenvalue weighted by Gasteiger charge is -1.93. The molecular formula is C4H8N4OS. The molecule has 1 aromatic rings. The highest BCUT2D eigenvalue weighted by Crippen LogP contribution is 2.08. The summed E-state index contributed by atoms with van der Waals surface area (Å²) in [5, 5.41) is 13.8. The molecule has 0 aromatic carbocycles. The molecule has 0 bridgehead atoms. The predicted molar refractivity (Wildman–Crippen MR) is 36.5 cm³/mol. The summed E-state index contributed by atoms with van der Waals surface area (Å²) < 4.78 is 5.05. The molecule has 0 saturated carbocycles. The van der Waals surface area contributed by atoms with Crippen molar-refractivity contribution in [1.82, 2.24) is 20.6 Å². The van der Waals surface area contributed by atoms with E-state index in [9.17, 15) is 0 Å². The quantitative estimate of drug-likeness (QED) is 0.389. The standard InChI is InChI=1S/C4H8N4OS/c1-2-9-3-10-4-5-7-8-6-4/h2-3H2,1H3,(H,5,6,7,8). The molecule has 0 fully saturated rings. The van der Waals surface area contributed by atoms with Crippen LogP contribution in [0.1, 0.15) is 6.92 Å². The van der Waals surface area contributed by atoms with Gasteiger partial charge in [-0.3, -0.25) is 0 Å². The van der Waals surface area contributed by atoms with Crippen molar-refractivity contribution in [2.75, 3.05) is 12.5 Å². The van der Waals surface area contributed by atoms with Crippen LogP contribution in [0.25, 0.3) is 0 Å². The van der Waals surface area contributed by atoms with E-state index in [1.165, 1.54) is 11.8 Å². The van der Waals surface area contributed by atoms with Crippen molar-refractivity contribution in [3.63, 3.8) is 0 Å². The summed E-state index contributed by atoms with van der Waals surface area (Å²) in [6.45, 7) is 2.65. The zero-order valence-corrected chi connectivity index (χ0v) is 6.39. The summed E-state index contributed by atoms with van der Waals surface area (Å²) in [6.07, 6.45) is 0. The van der Waals surface area contributed by atoms with Crippen LogP contribution in [0.15, 0.2) is 5.16 Å². The van der Waals surface area contributed by atoms with E-state index in [2.05, 4.69) is 20.6 Å². The molecule has 0 saturated heterocycles. The second kappa shape index (κ2) is 4.24. The topological polar surface area (TPSA) is 63.7 Å². The van der Waals surface area contributed by atoms with Crippen molar-refractivity contribution >= 4 is 11.8 Å². The molecule has 1 heterocycles. The van der Waals surface area contributed by atoms with E-state index in [4.69, 9.17) is 4.74 Å². The van der Waals surface area contributed by atoms with Crippen molar-refractivity contribution in [3.8, 4) is 0 Å². The van der Waals surface area contributed by atoms with Crippen LogP contribution >= 0.6 is 11.8 Å². The molecule has 0 spiro atoms. The van der Waals surface area contributed by atoms with Crippen LogP contribution in [-0.4, -0.2) is 33.2 Å². The third-order valence-electron chi connectivity index (χ3n) is 0.801. The molecule has 0 atom stereocenters. The maximum Gasteiger partial charge on any atom is 0.233 e. The van der Waals surface area contributed by atoms with Crippen LogP contribution in [-0.2, 0) is 4.74 Å². The fourth-order valence-corrected chi connectivity index (χ4v) is 0.951. The van der Waals surface area contributed by atoms with Gasteiger partial charge in [0.05, 0.1) is 5.94 Å². The van der Waals surface area contributed by atoms with Gasteiger partial charge in [-0.05, 0) is 12.1 Å². The maximum absolute atomic E-state index is 5.05. The maximum atomic E-state index is 5.05. The molecule has 5 nitrogen and oxygen atoms in total. The molecule has 6 heteroatoms. The minimum Gasteiger partial charge on any atom is -0.371 e. The van der Waals surface area contributed by atoms with Gasteiger partial charge in [-0.15, -0.1) is 10.2 Å². The Morgan fingerprint density at radius 3 is 3.20 bits per heavy atom. The fourth-order valence-electron chi connectivity index (χ4n) is 0.391. The van der Waals surface area contributed by atoms with Crippen molar-refractivity contribution in [2.24, 2.45) is 0 Å². The first-order valence-electron chi connectivity index (χ1n) is 2.87. The first kappa shape index (κ1) is 7.49.